The lowest BCUT2D eigenvalue weighted by Crippen LogP contribution is -2.04. The molecular formula is C24H29N4O8P3S. The van der Waals surface area contributed by atoms with Crippen molar-refractivity contribution < 1.29 is 37.8 Å². The molecule has 0 radical (unpaired) electrons. The summed E-state index contributed by atoms with van der Waals surface area (Å²) < 4.78 is 42.8. The van der Waals surface area contributed by atoms with Gasteiger partial charge in [0.2, 0.25) is 7.07 Å². The normalized spacial score (nSPS) is 14.1. The summed E-state index contributed by atoms with van der Waals surface area (Å²) in [6, 6.07) is 19.7. The van der Waals surface area contributed by atoms with Gasteiger partial charge in [-0.1, -0.05) is 12.1 Å². The predicted octanol–water partition coefficient (Wildman–Crippen LogP) is 4.45. The second-order valence-corrected chi connectivity index (χ2v) is 13.6. The molecule has 0 spiro atoms. The fourth-order valence-electron chi connectivity index (χ4n) is 2.95. The lowest BCUT2D eigenvalue weighted by atomic mass is 10.2. The van der Waals surface area contributed by atoms with Gasteiger partial charge < -0.3 is 28.7 Å². The van der Waals surface area contributed by atoms with Crippen LogP contribution in [0.15, 0.2) is 83.0 Å². The first-order chi connectivity index (χ1) is 19.0. The Morgan fingerprint density at radius 3 is 1.77 bits per heavy atom. The molecule has 3 unspecified atom stereocenters. The molecule has 0 amide bonds. The van der Waals surface area contributed by atoms with Crippen LogP contribution in [0.2, 0.25) is 0 Å². The molecule has 40 heavy (non-hydrogen) atoms. The zero-order valence-electron chi connectivity index (χ0n) is 21.7. The number of aliphatic hydroxyl groups is 1. The van der Waals surface area contributed by atoms with Crippen molar-refractivity contribution in [2.75, 3.05) is 21.2 Å². The van der Waals surface area contributed by atoms with Gasteiger partial charge in [-0.2, -0.15) is 10.2 Å². The van der Waals surface area contributed by atoms with E-state index in [9.17, 15) is 14.2 Å². The Morgan fingerprint density at radius 1 is 0.825 bits per heavy atom. The van der Waals surface area contributed by atoms with E-state index in [0.717, 1.165) is 16.1 Å². The zero-order chi connectivity index (χ0) is 29.3. The lowest BCUT2D eigenvalue weighted by Gasteiger charge is -2.16. The van der Waals surface area contributed by atoms with E-state index in [2.05, 4.69) is 10.2 Å². The molecule has 0 bridgehead atoms. The highest BCUT2D eigenvalue weighted by molar-refractivity contribution is 8.02. The van der Waals surface area contributed by atoms with Crippen LogP contribution in [0.5, 0.6) is 17.2 Å². The first-order valence-corrected chi connectivity index (χ1v) is 17.0. The number of hydrazone groups is 2. The van der Waals surface area contributed by atoms with Crippen molar-refractivity contribution in [3.05, 3.63) is 89.5 Å². The van der Waals surface area contributed by atoms with Crippen molar-refractivity contribution in [3.63, 3.8) is 0 Å². The number of ether oxygens (including phenoxy) is 1. The third-order valence-electron chi connectivity index (χ3n) is 5.19. The molecule has 12 nitrogen and oxygen atoms in total. The molecular weight excluding hydrogens is 597 g/mol. The molecule has 0 aliphatic rings. The van der Waals surface area contributed by atoms with Gasteiger partial charge in [0.25, 0.3) is 0 Å². The quantitative estimate of drug-likeness (QED) is 0.140. The molecule has 0 saturated carbocycles. The van der Waals surface area contributed by atoms with Gasteiger partial charge in [-0.05, 0) is 89.2 Å². The number of nitrogens with zero attached hydrogens (tertiary/aromatic N) is 4. The van der Waals surface area contributed by atoms with Gasteiger partial charge in [-0.25, -0.2) is 9.56 Å². The summed E-state index contributed by atoms with van der Waals surface area (Å²) in [6.07, 6.45) is 3.19. The number of aliphatic hydroxyl groups excluding tert-OH is 1. The van der Waals surface area contributed by atoms with Crippen LogP contribution in [-0.2, 0) is 20.9 Å². The van der Waals surface area contributed by atoms with Gasteiger partial charge >= 0.3 is 15.8 Å². The van der Waals surface area contributed by atoms with E-state index in [-0.39, 0.29) is 11.3 Å². The Labute approximate surface area is 238 Å². The molecule has 0 saturated heterocycles. The second kappa shape index (κ2) is 14.6. The summed E-state index contributed by atoms with van der Waals surface area (Å²) in [5, 5.41) is 18.1. The zero-order valence-corrected chi connectivity index (χ0v) is 25.4. The first-order valence-electron chi connectivity index (χ1n) is 11.5. The van der Waals surface area contributed by atoms with Crippen molar-refractivity contribution >= 4 is 47.1 Å². The highest BCUT2D eigenvalue weighted by Gasteiger charge is 2.27. The molecule has 214 valence electrons. The maximum absolute atomic E-state index is 12.5. The minimum atomic E-state index is -4.70. The Morgan fingerprint density at radius 2 is 1.27 bits per heavy atom. The van der Waals surface area contributed by atoms with Crippen LogP contribution in [-0.4, -0.2) is 58.1 Å². The van der Waals surface area contributed by atoms with E-state index in [0.29, 0.717) is 11.3 Å². The van der Waals surface area contributed by atoms with Gasteiger partial charge in [-0.3, -0.25) is 9.13 Å². The third-order valence-corrected chi connectivity index (χ3v) is 9.28. The lowest BCUT2D eigenvalue weighted by molar-refractivity contribution is 0.205. The summed E-state index contributed by atoms with van der Waals surface area (Å²) in [5.41, 5.74) is 1.63. The maximum Gasteiger partial charge on any atom is 0.358 e. The topological polar surface area (TPSA) is 154 Å². The number of hydrogen-bond acceptors (Lipinski definition) is 9. The molecule has 3 aromatic rings. The highest BCUT2D eigenvalue weighted by Crippen LogP contribution is 2.50. The van der Waals surface area contributed by atoms with Crippen LogP contribution in [0.1, 0.15) is 22.5 Å². The Kier molecular flexibility index (Phi) is 11.5. The molecule has 3 aromatic carbocycles. The minimum Gasteiger partial charge on any atom is -0.497 e. The SMILES string of the molecule is COc1ccc(/C=N/N(C)[PH](=S)Oc2ccc(/C=N/N(C)[PH](=O)Oc3ccc(C(O)P(=O)(O)O)cc3)cc2)cc1. The average Bonchev–Trinajstić information content (AvgIpc) is 2.95. The van der Waals surface area contributed by atoms with Gasteiger partial charge in [0.1, 0.15) is 17.2 Å². The van der Waals surface area contributed by atoms with Crippen LogP contribution in [0.25, 0.3) is 0 Å². The first kappa shape index (κ1) is 31.5. The largest absolute Gasteiger partial charge is 0.497 e. The smallest absolute Gasteiger partial charge is 0.358 e. The summed E-state index contributed by atoms with van der Waals surface area (Å²) in [4.78, 5) is 18.1. The average molecular weight is 627 g/mol. The Balaban J connectivity index is 1.50. The number of methoxy groups -OCH3 is 1. The van der Waals surface area contributed by atoms with Crippen molar-refractivity contribution in [2.45, 2.75) is 5.85 Å². The molecule has 0 fully saturated rings. The van der Waals surface area contributed by atoms with Crippen molar-refractivity contribution in [3.8, 4) is 17.2 Å². The van der Waals surface area contributed by atoms with Gasteiger partial charge in [-0.15, -0.1) is 0 Å². The molecule has 0 aromatic heterocycles. The fourth-order valence-corrected chi connectivity index (χ4v) is 5.18. The van der Waals surface area contributed by atoms with Gasteiger partial charge in [0, 0.05) is 14.1 Å². The van der Waals surface area contributed by atoms with Crippen molar-refractivity contribution in [1.29, 1.82) is 0 Å². The van der Waals surface area contributed by atoms with Crippen LogP contribution < -0.4 is 13.8 Å². The molecule has 0 aliphatic heterocycles. The van der Waals surface area contributed by atoms with E-state index in [1.807, 2.05) is 24.3 Å². The Bertz CT molecular complexity index is 1420. The minimum absolute atomic E-state index is 0.0106. The van der Waals surface area contributed by atoms with E-state index < -0.39 is 28.7 Å². The van der Waals surface area contributed by atoms with E-state index >= 15 is 0 Å². The number of rotatable bonds is 13. The number of hydrogen-bond donors (Lipinski definition) is 3. The molecule has 3 atom stereocenters. The standard InChI is InChI=1S/C24H29N4O8P3S/c1-27(37(30)35-22-14-8-20(9-15-22)24(29)39(31,32)33)25-16-19-6-12-23(13-7-19)36-38(40)28(2)26-17-18-4-10-21(34-3)11-5-18/h4-17,24,29,37-38H,1-3H3,(H2,31,32,33)/b25-16+,26-17+. The van der Waals surface area contributed by atoms with Crippen molar-refractivity contribution in [2.24, 2.45) is 10.2 Å². The summed E-state index contributed by atoms with van der Waals surface area (Å²) in [5.74, 6) is -0.419. The van der Waals surface area contributed by atoms with Gasteiger partial charge in [0.05, 0.1) is 19.5 Å². The molecule has 0 heterocycles. The van der Waals surface area contributed by atoms with Gasteiger partial charge in [0.15, 0.2) is 5.85 Å². The van der Waals surface area contributed by atoms with Crippen LogP contribution >= 0.6 is 22.8 Å². The van der Waals surface area contributed by atoms with Crippen LogP contribution in [0.4, 0.5) is 0 Å². The van der Waals surface area contributed by atoms with Crippen LogP contribution in [0, 0.1) is 0 Å². The summed E-state index contributed by atoms with van der Waals surface area (Å²) in [7, 11) is -4.51. The molecule has 3 N–H and O–H groups in total. The number of benzene rings is 3. The summed E-state index contributed by atoms with van der Waals surface area (Å²) >= 11 is 5.48. The molecule has 16 heteroatoms. The van der Waals surface area contributed by atoms with Crippen LogP contribution in [0.3, 0.4) is 0 Å². The maximum atomic E-state index is 12.5. The fraction of sp³-hybridized carbons (Fsp3) is 0.167. The summed E-state index contributed by atoms with van der Waals surface area (Å²) in [6.45, 7) is 0. The van der Waals surface area contributed by atoms with E-state index in [4.69, 9.17) is 35.4 Å². The monoisotopic (exact) mass is 626 g/mol. The predicted molar refractivity (Wildman–Crippen MR) is 160 cm³/mol. The van der Waals surface area contributed by atoms with Crippen molar-refractivity contribution in [1.82, 2.24) is 9.56 Å². The third kappa shape index (κ3) is 9.57. The molecule has 0 aliphatic carbocycles. The second-order valence-electron chi connectivity index (χ2n) is 8.15. The molecule has 3 rings (SSSR count). The van der Waals surface area contributed by atoms with E-state index in [1.165, 1.54) is 37.5 Å². The van der Waals surface area contributed by atoms with E-state index in [1.54, 1.807) is 49.4 Å². The highest BCUT2D eigenvalue weighted by atomic mass is 32.4. The Hall–Kier alpha value is -3.01.